The Hall–Kier alpha value is -2.82. The van der Waals surface area contributed by atoms with Gasteiger partial charge in [0.05, 0.1) is 18.7 Å². The number of hydrogen-bond acceptors (Lipinski definition) is 4. The third-order valence-corrected chi connectivity index (χ3v) is 4.43. The predicted octanol–water partition coefficient (Wildman–Crippen LogP) is 2.01. The first-order valence-corrected chi connectivity index (χ1v) is 9.19. The van der Waals surface area contributed by atoms with Crippen molar-refractivity contribution in [1.82, 2.24) is 25.0 Å². The Balaban J connectivity index is 1.76. The number of halogens is 3. The number of amides is 2. The highest BCUT2D eigenvalue weighted by atomic mass is 19.4. The van der Waals surface area contributed by atoms with Crippen molar-refractivity contribution >= 4 is 6.03 Å². The number of alkyl halides is 3. The highest BCUT2D eigenvalue weighted by molar-refractivity contribution is 5.73. The summed E-state index contributed by atoms with van der Waals surface area (Å²) in [5.74, 6) is 0.202. The largest absolute Gasteiger partial charge is 0.416 e. The first-order valence-electron chi connectivity index (χ1n) is 9.19. The van der Waals surface area contributed by atoms with Gasteiger partial charge in [0.2, 0.25) is 0 Å². The molecule has 1 aromatic heterocycles. The molecule has 1 aliphatic carbocycles. The van der Waals surface area contributed by atoms with E-state index >= 15 is 0 Å². The Morgan fingerprint density at radius 2 is 2.00 bits per heavy atom. The second-order valence-corrected chi connectivity index (χ2v) is 6.68. The van der Waals surface area contributed by atoms with Gasteiger partial charge in [-0.1, -0.05) is 12.1 Å². The number of ether oxygens (including phenoxy) is 1. The van der Waals surface area contributed by atoms with Crippen LogP contribution in [0.1, 0.15) is 24.4 Å². The van der Waals surface area contributed by atoms with E-state index < -0.39 is 23.5 Å². The minimum Gasteiger partial charge on any atom is -0.383 e. The molecule has 1 heterocycles. The second kappa shape index (κ2) is 8.68. The normalized spacial score (nSPS) is 14.1. The van der Waals surface area contributed by atoms with Gasteiger partial charge in [0.15, 0.2) is 5.82 Å². The van der Waals surface area contributed by atoms with Crippen molar-refractivity contribution in [2.24, 2.45) is 0 Å². The fraction of sp³-hybridized carbons (Fsp3) is 0.500. The lowest BCUT2D eigenvalue weighted by atomic mass is 10.1. The average Bonchev–Trinajstić information content (AvgIpc) is 3.46. The zero-order valence-corrected chi connectivity index (χ0v) is 15.8. The standard InChI is InChI=1S/C18H22F3N5O3/c1-29-10-8-23-16(27)22-7-9-25-17(28)26(14-5-6-14)15(24-25)12-3-2-4-13(11-12)18(19,20)21/h2-4,11,14H,5-10H2,1H3,(H2,22,23,27). The van der Waals surface area contributed by atoms with Crippen LogP contribution in [0.4, 0.5) is 18.0 Å². The Morgan fingerprint density at radius 3 is 2.66 bits per heavy atom. The summed E-state index contributed by atoms with van der Waals surface area (Å²) in [5, 5.41) is 9.42. The summed E-state index contributed by atoms with van der Waals surface area (Å²) >= 11 is 0. The summed E-state index contributed by atoms with van der Waals surface area (Å²) < 4.78 is 46.6. The topological polar surface area (TPSA) is 90.2 Å². The average molecular weight is 413 g/mol. The number of carbonyl (C=O) groups is 1. The molecule has 0 aliphatic heterocycles. The quantitative estimate of drug-likeness (QED) is 0.648. The molecule has 2 amide bonds. The SMILES string of the molecule is COCCNC(=O)NCCn1nc(-c2cccc(C(F)(F)F)c2)n(C2CC2)c1=O. The van der Waals surface area contributed by atoms with Gasteiger partial charge >= 0.3 is 17.9 Å². The van der Waals surface area contributed by atoms with Crippen LogP contribution in [0, 0.1) is 0 Å². The third-order valence-electron chi connectivity index (χ3n) is 4.43. The van der Waals surface area contributed by atoms with Crippen molar-refractivity contribution in [3.8, 4) is 11.4 Å². The maximum absolute atomic E-state index is 13.0. The molecule has 11 heteroatoms. The number of benzene rings is 1. The Morgan fingerprint density at radius 1 is 1.28 bits per heavy atom. The van der Waals surface area contributed by atoms with Crippen LogP contribution in [0.2, 0.25) is 0 Å². The number of aromatic nitrogens is 3. The molecule has 1 aliphatic rings. The molecule has 29 heavy (non-hydrogen) atoms. The van der Waals surface area contributed by atoms with Crippen LogP contribution in [0.15, 0.2) is 29.1 Å². The molecule has 0 saturated heterocycles. The van der Waals surface area contributed by atoms with Gasteiger partial charge in [0.25, 0.3) is 0 Å². The highest BCUT2D eigenvalue weighted by Crippen LogP contribution is 2.37. The van der Waals surface area contributed by atoms with Gasteiger partial charge in [-0.05, 0) is 25.0 Å². The van der Waals surface area contributed by atoms with Gasteiger partial charge in [0.1, 0.15) is 0 Å². The maximum atomic E-state index is 13.0. The lowest BCUT2D eigenvalue weighted by Gasteiger charge is -2.09. The molecular formula is C18H22F3N5O3. The summed E-state index contributed by atoms with van der Waals surface area (Å²) in [6.45, 7) is 0.960. The van der Waals surface area contributed by atoms with E-state index in [-0.39, 0.29) is 30.5 Å². The van der Waals surface area contributed by atoms with Gasteiger partial charge in [-0.25, -0.2) is 14.3 Å². The van der Waals surface area contributed by atoms with E-state index in [0.29, 0.717) is 13.2 Å². The molecule has 8 nitrogen and oxygen atoms in total. The second-order valence-electron chi connectivity index (χ2n) is 6.68. The van der Waals surface area contributed by atoms with E-state index in [1.165, 1.54) is 28.5 Å². The van der Waals surface area contributed by atoms with Crippen LogP contribution in [-0.2, 0) is 17.5 Å². The smallest absolute Gasteiger partial charge is 0.383 e. The fourth-order valence-electron chi connectivity index (χ4n) is 2.86. The van der Waals surface area contributed by atoms with Crippen LogP contribution >= 0.6 is 0 Å². The van der Waals surface area contributed by atoms with Crippen LogP contribution in [0.3, 0.4) is 0 Å². The van der Waals surface area contributed by atoms with Crippen molar-refractivity contribution in [1.29, 1.82) is 0 Å². The number of rotatable bonds is 8. The molecule has 1 aromatic carbocycles. The van der Waals surface area contributed by atoms with Crippen molar-refractivity contribution in [3.63, 3.8) is 0 Å². The monoisotopic (exact) mass is 413 g/mol. The molecule has 0 radical (unpaired) electrons. The Bertz CT molecular complexity index is 918. The number of urea groups is 1. The lowest BCUT2D eigenvalue weighted by molar-refractivity contribution is -0.137. The number of nitrogens with one attached hydrogen (secondary N) is 2. The highest BCUT2D eigenvalue weighted by Gasteiger charge is 2.33. The number of methoxy groups -OCH3 is 1. The molecule has 2 N–H and O–H groups in total. The van der Waals surface area contributed by atoms with Gasteiger partial charge in [-0.2, -0.15) is 13.2 Å². The van der Waals surface area contributed by atoms with E-state index in [0.717, 1.165) is 25.0 Å². The van der Waals surface area contributed by atoms with Crippen molar-refractivity contribution in [3.05, 3.63) is 40.3 Å². The van der Waals surface area contributed by atoms with E-state index in [9.17, 15) is 22.8 Å². The van der Waals surface area contributed by atoms with Crippen LogP contribution < -0.4 is 16.3 Å². The van der Waals surface area contributed by atoms with Crippen LogP contribution in [0.5, 0.6) is 0 Å². The van der Waals surface area contributed by atoms with E-state index in [4.69, 9.17) is 4.74 Å². The molecule has 0 unspecified atom stereocenters. The van der Waals surface area contributed by atoms with Crippen LogP contribution in [-0.4, -0.2) is 47.2 Å². The number of hydrogen-bond donors (Lipinski definition) is 2. The van der Waals surface area contributed by atoms with Crippen molar-refractivity contribution < 1.29 is 22.7 Å². The first-order chi connectivity index (χ1) is 13.8. The summed E-state index contributed by atoms with van der Waals surface area (Å²) in [7, 11) is 1.52. The third kappa shape index (κ3) is 5.17. The zero-order valence-electron chi connectivity index (χ0n) is 15.8. The zero-order chi connectivity index (χ0) is 21.0. The van der Waals surface area contributed by atoms with Crippen LogP contribution in [0.25, 0.3) is 11.4 Å². The molecule has 1 fully saturated rings. The number of nitrogens with zero attached hydrogens (tertiary/aromatic N) is 3. The Kier molecular flexibility index (Phi) is 6.26. The Labute approximate surface area is 164 Å². The van der Waals surface area contributed by atoms with E-state index in [1.54, 1.807) is 0 Å². The molecule has 1 saturated carbocycles. The van der Waals surface area contributed by atoms with Crippen molar-refractivity contribution in [2.75, 3.05) is 26.8 Å². The van der Waals surface area contributed by atoms with Gasteiger partial charge in [-0.3, -0.25) is 4.57 Å². The molecule has 0 bridgehead atoms. The molecule has 3 rings (SSSR count). The van der Waals surface area contributed by atoms with Gasteiger partial charge in [-0.15, -0.1) is 5.10 Å². The minimum absolute atomic E-state index is 0.0638. The lowest BCUT2D eigenvalue weighted by Crippen LogP contribution is -2.39. The summed E-state index contributed by atoms with van der Waals surface area (Å²) in [6, 6.07) is 4.30. The molecule has 0 atom stereocenters. The van der Waals surface area contributed by atoms with Gasteiger partial charge in [0, 0.05) is 31.8 Å². The maximum Gasteiger partial charge on any atom is 0.416 e. The summed E-state index contributed by atoms with van der Waals surface area (Å²) in [6.07, 6.45) is -2.93. The minimum atomic E-state index is -4.48. The molecular weight excluding hydrogens is 391 g/mol. The van der Waals surface area contributed by atoms with Gasteiger partial charge < -0.3 is 15.4 Å². The fourth-order valence-corrected chi connectivity index (χ4v) is 2.86. The molecule has 158 valence electrons. The molecule has 2 aromatic rings. The molecule has 0 spiro atoms. The first kappa shape index (κ1) is 20.9. The predicted molar refractivity (Wildman–Crippen MR) is 98.5 cm³/mol. The number of carbonyl (C=O) groups excluding carboxylic acids is 1. The van der Waals surface area contributed by atoms with E-state index in [2.05, 4.69) is 15.7 Å². The summed E-state index contributed by atoms with van der Waals surface area (Å²) in [5.41, 5.74) is -0.969. The van der Waals surface area contributed by atoms with E-state index in [1.807, 2.05) is 0 Å². The summed E-state index contributed by atoms with van der Waals surface area (Å²) in [4.78, 5) is 24.3. The van der Waals surface area contributed by atoms with Crippen molar-refractivity contribution in [2.45, 2.75) is 31.6 Å².